The molecule has 0 aromatic heterocycles. The molecule has 1 rings (SSSR count). The van der Waals surface area contributed by atoms with E-state index >= 15 is 0 Å². The molecule has 0 heterocycles. The fourth-order valence-corrected chi connectivity index (χ4v) is 0.988. The molecule has 1 aromatic carbocycles. The highest BCUT2D eigenvalue weighted by molar-refractivity contribution is 5.26. The van der Waals surface area contributed by atoms with Crippen LogP contribution in [0, 0.1) is 0 Å². The third-order valence-electron chi connectivity index (χ3n) is 1.64. The average molecular weight is 150 g/mol. The van der Waals surface area contributed by atoms with Crippen LogP contribution in [0.1, 0.15) is 19.4 Å². The van der Waals surface area contributed by atoms with E-state index in [2.05, 4.69) is 19.1 Å². The summed E-state index contributed by atoms with van der Waals surface area (Å²) in [6.07, 6.45) is 1.09. The second kappa shape index (κ2) is 4.02. The Bertz CT molecular complexity index is 201. The van der Waals surface area contributed by atoms with Gasteiger partial charge in [0.2, 0.25) is 0 Å². The van der Waals surface area contributed by atoms with Gasteiger partial charge in [0.1, 0.15) is 5.75 Å². The van der Waals surface area contributed by atoms with E-state index in [1.807, 2.05) is 19.1 Å². The van der Waals surface area contributed by atoms with E-state index in [0.717, 1.165) is 18.8 Å². The van der Waals surface area contributed by atoms with Gasteiger partial charge in [-0.1, -0.05) is 19.1 Å². The Morgan fingerprint density at radius 2 is 1.73 bits per heavy atom. The Kier molecular flexibility index (Phi) is 2.96. The molecule has 11 heavy (non-hydrogen) atoms. The number of hydrogen-bond donors (Lipinski definition) is 0. The molecular weight excluding hydrogens is 136 g/mol. The number of ether oxygens (including phenoxy) is 1. The molecular formula is C10H14O. The van der Waals surface area contributed by atoms with Crippen LogP contribution in [0.4, 0.5) is 0 Å². The van der Waals surface area contributed by atoms with E-state index in [4.69, 9.17) is 4.74 Å². The van der Waals surface area contributed by atoms with Gasteiger partial charge in [0.05, 0.1) is 6.61 Å². The zero-order valence-corrected chi connectivity index (χ0v) is 7.13. The quantitative estimate of drug-likeness (QED) is 0.643. The highest BCUT2D eigenvalue weighted by atomic mass is 16.5. The minimum atomic E-state index is 0.742. The van der Waals surface area contributed by atoms with Crippen molar-refractivity contribution in [2.75, 3.05) is 6.61 Å². The first-order valence-electron chi connectivity index (χ1n) is 4.08. The molecule has 0 spiro atoms. The van der Waals surface area contributed by atoms with Crippen molar-refractivity contribution >= 4 is 0 Å². The maximum Gasteiger partial charge on any atom is 0.119 e. The standard InChI is InChI=1S/C10H14O/c1-3-9-5-7-10(8-6-9)11-4-2/h5-8H,3-4H2,1-2H3. The molecule has 0 atom stereocenters. The smallest absolute Gasteiger partial charge is 0.119 e. The van der Waals surface area contributed by atoms with E-state index < -0.39 is 0 Å². The lowest BCUT2D eigenvalue weighted by atomic mass is 10.2. The van der Waals surface area contributed by atoms with Gasteiger partial charge in [-0.05, 0) is 31.0 Å². The molecule has 0 radical (unpaired) electrons. The van der Waals surface area contributed by atoms with Gasteiger partial charge in [0.25, 0.3) is 0 Å². The maximum atomic E-state index is 5.31. The van der Waals surface area contributed by atoms with E-state index in [1.54, 1.807) is 0 Å². The molecule has 0 aliphatic rings. The van der Waals surface area contributed by atoms with Crippen LogP contribution < -0.4 is 4.74 Å². The van der Waals surface area contributed by atoms with Crippen LogP contribution >= 0.6 is 0 Å². The molecule has 0 saturated carbocycles. The Morgan fingerprint density at radius 3 is 2.18 bits per heavy atom. The molecule has 0 N–H and O–H groups in total. The molecule has 0 fully saturated rings. The van der Waals surface area contributed by atoms with Crippen molar-refractivity contribution in [1.29, 1.82) is 0 Å². The average Bonchev–Trinajstić information content (AvgIpc) is 2.07. The fourth-order valence-electron chi connectivity index (χ4n) is 0.988. The molecule has 0 aliphatic carbocycles. The molecule has 1 nitrogen and oxygen atoms in total. The lowest BCUT2D eigenvalue weighted by molar-refractivity contribution is 0.340. The molecule has 1 aromatic rings. The number of rotatable bonds is 3. The van der Waals surface area contributed by atoms with Crippen molar-refractivity contribution in [1.82, 2.24) is 0 Å². The summed E-state index contributed by atoms with van der Waals surface area (Å²) in [7, 11) is 0. The predicted molar refractivity (Wildman–Crippen MR) is 47.0 cm³/mol. The second-order valence-electron chi connectivity index (χ2n) is 2.43. The third kappa shape index (κ3) is 2.26. The molecule has 60 valence electrons. The van der Waals surface area contributed by atoms with Crippen LogP contribution in [-0.4, -0.2) is 6.61 Å². The van der Waals surface area contributed by atoms with Crippen LogP contribution in [-0.2, 0) is 6.42 Å². The molecule has 0 bridgehead atoms. The molecule has 1 heteroatoms. The van der Waals surface area contributed by atoms with E-state index in [1.165, 1.54) is 5.56 Å². The van der Waals surface area contributed by atoms with Crippen molar-refractivity contribution in [3.63, 3.8) is 0 Å². The fraction of sp³-hybridized carbons (Fsp3) is 0.400. The van der Waals surface area contributed by atoms with Crippen molar-refractivity contribution in [2.24, 2.45) is 0 Å². The zero-order valence-electron chi connectivity index (χ0n) is 7.13. The van der Waals surface area contributed by atoms with Crippen molar-refractivity contribution in [2.45, 2.75) is 20.3 Å². The monoisotopic (exact) mass is 150 g/mol. The third-order valence-corrected chi connectivity index (χ3v) is 1.64. The van der Waals surface area contributed by atoms with Crippen molar-refractivity contribution in [3.05, 3.63) is 29.8 Å². The Balaban J connectivity index is 2.66. The minimum Gasteiger partial charge on any atom is -0.494 e. The summed E-state index contributed by atoms with van der Waals surface area (Å²) in [5.41, 5.74) is 1.36. The summed E-state index contributed by atoms with van der Waals surface area (Å²) < 4.78 is 5.31. The number of benzene rings is 1. The van der Waals surface area contributed by atoms with Gasteiger partial charge in [-0.25, -0.2) is 0 Å². The van der Waals surface area contributed by atoms with E-state index in [0.29, 0.717) is 0 Å². The molecule has 0 unspecified atom stereocenters. The predicted octanol–water partition coefficient (Wildman–Crippen LogP) is 2.65. The first-order chi connectivity index (χ1) is 5.36. The summed E-state index contributed by atoms with van der Waals surface area (Å²) in [6.45, 7) is 4.88. The summed E-state index contributed by atoms with van der Waals surface area (Å²) in [4.78, 5) is 0. The van der Waals surface area contributed by atoms with Crippen LogP contribution in [0.15, 0.2) is 24.3 Å². The van der Waals surface area contributed by atoms with Crippen molar-refractivity contribution in [3.8, 4) is 5.75 Å². The molecule has 0 aliphatic heterocycles. The molecule has 0 saturated heterocycles. The van der Waals surface area contributed by atoms with Crippen LogP contribution in [0.3, 0.4) is 0 Å². The topological polar surface area (TPSA) is 9.23 Å². The Hall–Kier alpha value is -0.980. The van der Waals surface area contributed by atoms with Crippen molar-refractivity contribution < 1.29 is 4.74 Å². The first-order valence-corrected chi connectivity index (χ1v) is 4.08. The van der Waals surface area contributed by atoms with Gasteiger partial charge in [0.15, 0.2) is 0 Å². The summed E-state index contributed by atoms with van der Waals surface area (Å²) >= 11 is 0. The summed E-state index contributed by atoms with van der Waals surface area (Å²) in [5, 5.41) is 0. The first kappa shape index (κ1) is 8.12. The normalized spacial score (nSPS) is 9.64. The van der Waals surface area contributed by atoms with Crippen LogP contribution in [0.2, 0.25) is 0 Å². The van der Waals surface area contributed by atoms with E-state index in [-0.39, 0.29) is 0 Å². The van der Waals surface area contributed by atoms with Crippen LogP contribution in [0.5, 0.6) is 5.75 Å². The largest absolute Gasteiger partial charge is 0.494 e. The highest BCUT2D eigenvalue weighted by Crippen LogP contribution is 2.11. The number of hydrogen-bond acceptors (Lipinski definition) is 1. The summed E-state index contributed by atoms with van der Waals surface area (Å²) in [5.74, 6) is 0.963. The minimum absolute atomic E-state index is 0.742. The SMILES string of the molecule is CCOc1ccc(CC)cc1. The van der Waals surface area contributed by atoms with Gasteiger partial charge in [-0.15, -0.1) is 0 Å². The van der Waals surface area contributed by atoms with E-state index in [9.17, 15) is 0 Å². The van der Waals surface area contributed by atoms with Gasteiger partial charge >= 0.3 is 0 Å². The maximum absolute atomic E-state index is 5.31. The Labute approximate surface area is 68.0 Å². The summed E-state index contributed by atoms with van der Waals surface area (Å²) in [6, 6.07) is 8.24. The molecule has 0 amide bonds. The van der Waals surface area contributed by atoms with Gasteiger partial charge < -0.3 is 4.74 Å². The number of aryl methyl sites for hydroxylation is 1. The van der Waals surface area contributed by atoms with Gasteiger partial charge in [-0.3, -0.25) is 0 Å². The lowest BCUT2D eigenvalue weighted by Gasteiger charge is -2.02. The Morgan fingerprint density at radius 1 is 1.09 bits per heavy atom. The second-order valence-corrected chi connectivity index (χ2v) is 2.43. The van der Waals surface area contributed by atoms with Gasteiger partial charge in [0, 0.05) is 0 Å². The van der Waals surface area contributed by atoms with Gasteiger partial charge in [-0.2, -0.15) is 0 Å². The highest BCUT2D eigenvalue weighted by Gasteiger charge is 1.90. The lowest BCUT2D eigenvalue weighted by Crippen LogP contribution is -1.90. The zero-order chi connectivity index (χ0) is 8.10. The van der Waals surface area contributed by atoms with Crippen LogP contribution in [0.25, 0.3) is 0 Å².